The lowest BCUT2D eigenvalue weighted by Crippen LogP contribution is -2.36. The number of hydrogen-bond donors (Lipinski definition) is 1. The molecule has 2 aromatic rings. The highest BCUT2D eigenvalue weighted by Crippen LogP contribution is 2.17. The van der Waals surface area contributed by atoms with E-state index in [9.17, 15) is 0 Å². The summed E-state index contributed by atoms with van der Waals surface area (Å²) in [6.07, 6.45) is 2.69. The largest absolute Gasteiger partial charge is 0.312 e. The summed E-state index contributed by atoms with van der Waals surface area (Å²) in [5, 5.41) is 6.32. The number of hydrogen-bond acceptors (Lipinski definition) is 2. The van der Waals surface area contributed by atoms with Crippen LogP contribution in [0, 0.1) is 5.92 Å². The molecule has 0 atom stereocenters. The quantitative estimate of drug-likeness (QED) is 0.900. The summed E-state index contributed by atoms with van der Waals surface area (Å²) in [5.74, 6) is 0.855. The molecule has 112 valence electrons. The summed E-state index contributed by atoms with van der Waals surface area (Å²) >= 11 is 0. The molecular weight excluding hydrogens is 256 g/mol. The number of piperidine rings is 1. The molecule has 0 unspecified atom stereocenters. The summed E-state index contributed by atoms with van der Waals surface area (Å²) in [4.78, 5) is 2.56. The van der Waals surface area contributed by atoms with Crippen LogP contribution in [0.3, 0.4) is 0 Å². The molecule has 1 heterocycles. The van der Waals surface area contributed by atoms with Crippen molar-refractivity contribution in [2.75, 3.05) is 26.2 Å². The monoisotopic (exact) mass is 282 g/mol. The number of rotatable bonds is 5. The average molecular weight is 282 g/mol. The Balaban J connectivity index is 1.48. The molecule has 0 radical (unpaired) electrons. The molecule has 0 aromatic heterocycles. The van der Waals surface area contributed by atoms with Crippen molar-refractivity contribution in [3.8, 4) is 0 Å². The van der Waals surface area contributed by atoms with Gasteiger partial charge in [0, 0.05) is 6.54 Å². The second kappa shape index (κ2) is 7.06. The first-order valence-corrected chi connectivity index (χ1v) is 8.26. The Kier molecular flexibility index (Phi) is 4.89. The highest BCUT2D eigenvalue weighted by atomic mass is 15.1. The topological polar surface area (TPSA) is 15.3 Å². The third kappa shape index (κ3) is 3.84. The zero-order chi connectivity index (χ0) is 14.5. The predicted octanol–water partition coefficient (Wildman–Crippen LogP) is 3.66. The first-order valence-electron chi connectivity index (χ1n) is 8.26. The van der Waals surface area contributed by atoms with Crippen molar-refractivity contribution in [1.29, 1.82) is 0 Å². The van der Waals surface area contributed by atoms with Gasteiger partial charge in [0.2, 0.25) is 0 Å². The number of fused-ring (bicyclic) bond motifs is 1. The number of nitrogens with zero attached hydrogens (tertiary/aromatic N) is 1. The van der Waals surface area contributed by atoms with Crippen LogP contribution in [0.4, 0.5) is 0 Å². The van der Waals surface area contributed by atoms with E-state index in [0.29, 0.717) is 0 Å². The molecule has 1 fully saturated rings. The van der Waals surface area contributed by atoms with Gasteiger partial charge in [-0.25, -0.2) is 0 Å². The van der Waals surface area contributed by atoms with Crippen LogP contribution in [0.15, 0.2) is 42.5 Å². The smallest absolute Gasteiger partial charge is 0.0205 e. The van der Waals surface area contributed by atoms with Gasteiger partial charge in [-0.1, -0.05) is 43.3 Å². The Labute approximate surface area is 128 Å². The molecule has 2 aromatic carbocycles. The van der Waals surface area contributed by atoms with Crippen LogP contribution in [0.1, 0.15) is 25.3 Å². The van der Waals surface area contributed by atoms with Gasteiger partial charge in [0.05, 0.1) is 0 Å². The Morgan fingerprint density at radius 2 is 1.81 bits per heavy atom. The molecule has 1 aliphatic rings. The second-order valence-electron chi connectivity index (χ2n) is 6.19. The lowest BCUT2D eigenvalue weighted by Gasteiger charge is -2.31. The van der Waals surface area contributed by atoms with E-state index in [1.165, 1.54) is 48.8 Å². The van der Waals surface area contributed by atoms with Gasteiger partial charge < -0.3 is 10.2 Å². The Bertz CT molecular complexity index is 571. The van der Waals surface area contributed by atoms with Crippen molar-refractivity contribution in [3.63, 3.8) is 0 Å². The fourth-order valence-electron chi connectivity index (χ4n) is 3.28. The highest BCUT2D eigenvalue weighted by Gasteiger charge is 2.17. The van der Waals surface area contributed by atoms with Crippen LogP contribution in [0.25, 0.3) is 10.8 Å². The Morgan fingerprint density at radius 3 is 2.57 bits per heavy atom. The third-order valence-electron chi connectivity index (χ3n) is 4.73. The van der Waals surface area contributed by atoms with E-state index in [2.05, 4.69) is 59.6 Å². The van der Waals surface area contributed by atoms with Gasteiger partial charge in [-0.05, 0) is 67.3 Å². The minimum atomic E-state index is 0.855. The van der Waals surface area contributed by atoms with E-state index < -0.39 is 0 Å². The highest BCUT2D eigenvalue weighted by molar-refractivity contribution is 5.82. The molecule has 1 N–H and O–H groups in total. The maximum absolute atomic E-state index is 3.65. The van der Waals surface area contributed by atoms with Crippen LogP contribution >= 0.6 is 0 Å². The summed E-state index contributed by atoms with van der Waals surface area (Å²) in [6.45, 7) is 8.16. The van der Waals surface area contributed by atoms with E-state index in [1.54, 1.807) is 0 Å². The normalized spacial score (nSPS) is 17.4. The van der Waals surface area contributed by atoms with Gasteiger partial charge in [-0.3, -0.25) is 0 Å². The summed E-state index contributed by atoms with van der Waals surface area (Å²) in [6, 6.07) is 15.4. The minimum Gasteiger partial charge on any atom is -0.312 e. The Hall–Kier alpha value is -1.38. The van der Waals surface area contributed by atoms with Crippen LogP contribution in [-0.2, 0) is 6.54 Å². The molecule has 2 nitrogen and oxygen atoms in total. The van der Waals surface area contributed by atoms with Crippen molar-refractivity contribution >= 4 is 10.8 Å². The molecule has 0 saturated carbocycles. The summed E-state index contributed by atoms with van der Waals surface area (Å²) < 4.78 is 0. The van der Waals surface area contributed by atoms with Gasteiger partial charge in [0.15, 0.2) is 0 Å². The molecule has 0 aliphatic carbocycles. The summed E-state index contributed by atoms with van der Waals surface area (Å²) in [5.41, 5.74) is 1.39. The number of benzene rings is 2. The van der Waals surface area contributed by atoms with Crippen LogP contribution in [0.2, 0.25) is 0 Å². The van der Waals surface area contributed by atoms with E-state index in [-0.39, 0.29) is 0 Å². The SMILES string of the molecule is CCN1CCC(CNCc2ccc3ccccc3c2)CC1. The number of nitrogens with one attached hydrogen (secondary N) is 1. The van der Waals surface area contributed by atoms with Crippen molar-refractivity contribution in [2.24, 2.45) is 5.92 Å². The minimum absolute atomic E-state index is 0.855. The van der Waals surface area contributed by atoms with Crippen molar-refractivity contribution in [2.45, 2.75) is 26.3 Å². The van der Waals surface area contributed by atoms with E-state index in [0.717, 1.165) is 19.0 Å². The lowest BCUT2D eigenvalue weighted by atomic mass is 9.97. The second-order valence-corrected chi connectivity index (χ2v) is 6.19. The third-order valence-corrected chi connectivity index (χ3v) is 4.73. The molecule has 3 rings (SSSR count). The molecule has 0 amide bonds. The molecular formula is C19H26N2. The zero-order valence-corrected chi connectivity index (χ0v) is 13.0. The van der Waals surface area contributed by atoms with E-state index >= 15 is 0 Å². The first-order chi connectivity index (χ1) is 10.3. The van der Waals surface area contributed by atoms with Crippen LogP contribution in [-0.4, -0.2) is 31.1 Å². The number of likely N-dealkylation sites (tertiary alicyclic amines) is 1. The molecule has 2 heteroatoms. The maximum atomic E-state index is 3.65. The Morgan fingerprint density at radius 1 is 1.05 bits per heavy atom. The molecule has 0 spiro atoms. The van der Waals surface area contributed by atoms with Crippen LogP contribution in [0.5, 0.6) is 0 Å². The van der Waals surface area contributed by atoms with Crippen molar-refractivity contribution in [1.82, 2.24) is 10.2 Å². The van der Waals surface area contributed by atoms with Gasteiger partial charge >= 0.3 is 0 Å². The molecule has 0 bridgehead atoms. The van der Waals surface area contributed by atoms with Gasteiger partial charge in [-0.15, -0.1) is 0 Å². The maximum Gasteiger partial charge on any atom is 0.0205 e. The standard InChI is InChI=1S/C19H26N2/c1-2-21-11-9-16(10-12-21)14-20-15-17-7-8-18-5-3-4-6-19(18)13-17/h3-8,13,16,20H,2,9-12,14-15H2,1H3. The first kappa shape index (κ1) is 14.6. The lowest BCUT2D eigenvalue weighted by molar-refractivity contribution is 0.190. The average Bonchev–Trinajstić information content (AvgIpc) is 2.55. The van der Waals surface area contributed by atoms with E-state index in [4.69, 9.17) is 0 Å². The zero-order valence-electron chi connectivity index (χ0n) is 13.0. The fraction of sp³-hybridized carbons (Fsp3) is 0.474. The molecule has 21 heavy (non-hydrogen) atoms. The molecule has 1 saturated heterocycles. The van der Waals surface area contributed by atoms with Crippen molar-refractivity contribution < 1.29 is 0 Å². The van der Waals surface area contributed by atoms with Crippen LogP contribution < -0.4 is 5.32 Å². The predicted molar refractivity (Wildman–Crippen MR) is 90.5 cm³/mol. The van der Waals surface area contributed by atoms with E-state index in [1.807, 2.05) is 0 Å². The van der Waals surface area contributed by atoms with Gasteiger partial charge in [-0.2, -0.15) is 0 Å². The molecule has 1 aliphatic heterocycles. The van der Waals surface area contributed by atoms with Crippen molar-refractivity contribution in [3.05, 3.63) is 48.0 Å². The van der Waals surface area contributed by atoms with Gasteiger partial charge in [0.1, 0.15) is 0 Å². The van der Waals surface area contributed by atoms with Gasteiger partial charge in [0.25, 0.3) is 0 Å². The summed E-state index contributed by atoms with van der Waals surface area (Å²) in [7, 11) is 0. The fourth-order valence-corrected chi connectivity index (χ4v) is 3.28.